The van der Waals surface area contributed by atoms with Gasteiger partial charge in [-0.1, -0.05) is 13.8 Å². The van der Waals surface area contributed by atoms with Gasteiger partial charge in [-0.2, -0.15) is 0 Å². The second kappa shape index (κ2) is 10.8. The lowest BCUT2D eigenvalue weighted by Crippen LogP contribution is -2.51. The fourth-order valence-electron chi connectivity index (χ4n) is 2.09. The van der Waals surface area contributed by atoms with Crippen molar-refractivity contribution in [2.45, 2.75) is 39.8 Å². The average molecular weight is 391 g/mol. The van der Waals surface area contributed by atoms with Crippen LogP contribution in [0.25, 0.3) is 0 Å². The molecule has 10 nitrogen and oxygen atoms in total. The number of hydrogen-bond donors (Lipinski definition) is 4. The highest BCUT2D eigenvalue weighted by Gasteiger charge is 2.21. The van der Waals surface area contributed by atoms with Gasteiger partial charge in [-0.3, -0.25) is 19.2 Å². The summed E-state index contributed by atoms with van der Waals surface area (Å²) in [4.78, 5) is 62.0. The topological polar surface area (TPSA) is 146 Å². The van der Waals surface area contributed by atoms with E-state index < -0.39 is 29.8 Å². The number of rotatable bonds is 9. The number of carbonyl (C=O) groups is 5. The summed E-state index contributed by atoms with van der Waals surface area (Å²) in [5.74, 6) is -1.80. The summed E-state index contributed by atoms with van der Waals surface area (Å²) >= 11 is 0. The van der Waals surface area contributed by atoms with Crippen molar-refractivity contribution in [3.05, 3.63) is 23.9 Å². The fraction of sp³-hybridized carbons (Fsp3) is 0.444. The van der Waals surface area contributed by atoms with Crippen LogP contribution >= 0.6 is 0 Å². The molecule has 1 rings (SSSR count). The molecule has 1 aromatic rings. The van der Waals surface area contributed by atoms with Crippen molar-refractivity contribution in [2.75, 3.05) is 11.9 Å². The Kier molecular flexibility index (Phi) is 8.73. The van der Waals surface area contributed by atoms with Gasteiger partial charge in [-0.05, 0) is 25.0 Å². The van der Waals surface area contributed by atoms with Crippen LogP contribution in [0.3, 0.4) is 0 Å². The standard InChI is InChI=1S/C18H25N5O5/c1-10(2)14(9-24)23-17(27)11(3)21-16(26)8-20-18(28)13-5-6-19-15(7-13)22-12(4)25/h5-7,9-11,14H,8H2,1-4H3,(H,20,28)(H,21,26)(H,23,27)(H,19,22,25). The van der Waals surface area contributed by atoms with Crippen molar-refractivity contribution in [1.29, 1.82) is 0 Å². The third kappa shape index (κ3) is 7.52. The van der Waals surface area contributed by atoms with Gasteiger partial charge >= 0.3 is 0 Å². The van der Waals surface area contributed by atoms with Crippen LogP contribution in [0.1, 0.15) is 38.1 Å². The van der Waals surface area contributed by atoms with Crippen molar-refractivity contribution >= 4 is 35.7 Å². The van der Waals surface area contributed by atoms with Crippen LogP contribution in [-0.4, -0.2) is 53.5 Å². The molecular formula is C18H25N5O5. The lowest BCUT2D eigenvalue weighted by molar-refractivity contribution is -0.129. The van der Waals surface area contributed by atoms with Crippen LogP contribution in [0, 0.1) is 5.92 Å². The van der Waals surface area contributed by atoms with E-state index >= 15 is 0 Å². The van der Waals surface area contributed by atoms with Gasteiger partial charge in [-0.15, -0.1) is 0 Å². The molecule has 0 aromatic carbocycles. The van der Waals surface area contributed by atoms with E-state index in [1.807, 2.05) is 0 Å². The van der Waals surface area contributed by atoms with Crippen molar-refractivity contribution in [3.63, 3.8) is 0 Å². The number of nitrogens with one attached hydrogen (secondary N) is 4. The van der Waals surface area contributed by atoms with Crippen LogP contribution in [0.2, 0.25) is 0 Å². The monoisotopic (exact) mass is 391 g/mol. The number of amides is 4. The van der Waals surface area contributed by atoms with Crippen LogP contribution in [0.4, 0.5) is 5.82 Å². The molecule has 0 spiro atoms. The summed E-state index contributed by atoms with van der Waals surface area (Å²) in [6.45, 7) is 6.01. The summed E-state index contributed by atoms with van der Waals surface area (Å²) in [5.41, 5.74) is 0.211. The molecule has 2 atom stereocenters. The fourth-order valence-corrected chi connectivity index (χ4v) is 2.09. The van der Waals surface area contributed by atoms with E-state index in [1.54, 1.807) is 13.8 Å². The highest BCUT2D eigenvalue weighted by Crippen LogP contribution is 2.06. The molecule has 0 aliphatic carbocycles. The quantitative estimate of drug-likeness (QED) is 0.422. The van der Waals surface area contributed by atoms with Gasteiger partial charge < -0.3 is 26.1 Å². The van der Waals surface area contributed by atoms with Crippen LogP contribution in [-0.2, 0) is 19.2 Å². The first kappa shape index (κ1) is 22.7. The van der Waals surface area contributed by atoms with E-state index in [1.165, 1.54) is 32.2 Å². The Labute approximate surface area is 162 Å². The molecule has 0 bridgehead atoms. The van der Waals surface area contributed by atoms with Crippen LogP contribution < -0.4 is 21.3 Å². The second-order valence-electron chi connectivity index (χ2n) is 6.50. The smallest absolute Gasteiger partial charge is 0.251 e. The molecule has 1 aromatic heterocycles. The number of aromatic nitrogens is 1. The second-order valence-corrected chi connectivity index (χ2v) is 6.50. The molecule has 0 aliphatic heterocycles. The molecule has 0 saturated carbocycles. The summed E-state index contributed by atoms with van der Waals surface area (Å²) in [5, 5.41) is 9.84. The maximum absolute atomic E-state index is 12.1. The highest BCUT2D eigenvalue weighted by atomic mass is 16.2. The molecule has 4 N–H and O–H groups in total. The predicted molar refractivity (Wildman–Crippen MR) is 101 cm³/mol. The Morgan fingerprint density at radius 3 is 2.39 bits per heavy atom. The Balaban J connectivity index is 2.53. The molecular weight excluding hydrogens is 366 g/mol. The number of aldehydes is 1. The van der Waals surface area contributed by atoms with E-state index in [4.69, 9.17) is 0 Å². The normalized spacial score (nSPS) is 12.5. The molecule has 152 valence electrons. The van der Waals surface area contributed by atoms with Crippen molar-refractivity contribution in [3.8, 4) is 0 Å². The molecule has 0 saturated heterocycles. The van der Waals surface area contributed by atoms with Gasteiger partial charge in [0, 0.05) is 18.7 Å². The number of pyridine rings is 1. The van der Waals surface area contributed by atoms with E-state index in [2.05, 4.69) is 26.3 Å². The van der Waals surface area contributed by atoms with E-state index in [0.717, 1.165) is 0 Å². The highest BCUT2D eigenvalue weighted by molar-refractivity contribution is 5.98. The zero-order chi connectivity index (χ0) is 21.3. The number of hydrogen-bond acceptors (Lipinski definition) is 6. The van der Waals surface area contributed by atoms with E-state index in [9.17, 15) is 24.0 Å². The minimum Gasteiger partial charge on any atom is -0.345 e. The molecule has 2 unspecified atom stereocenters. The zero-order valence-electron chi connectivity index (χ0n) is 16.2. The first-order valence-corrected chi connectivity index (χ1v) is 8.71. The minimum atomic E-state index is -0.877. The molecule has 1 heterocycles. The molecule has 0 radical (unpaired) electrons. The maximum atomic E-state index is 12.1. The van der Waals surface area contributed by atoms with Crippen molar-refractivity contribution in [1.82, 2.24) is 20.9 Å². The minimum absolute atomic E-state index is 0.0774. The average Bonchev–Trinajstić information content (AvgIpc) is 2.63. The molecule has 0 aliphatic rings. The summed E-state index contributed by atoms with van der Waals surface area (Å²) < 4.78 is 0. The van der Waals surface area contributed by atoms with Crippen molar-refractivity contribution < 1.29 is 24.0 Å². The first-order valence-electron chi connectivity index (χ1n) is 8.71. The van der Waals surface area contributed by atoms with Crippen molar-refractivity contribution in [2.24, 2.45) is 5.92 Å². The summed E-state index contributed by atoms with van der Waals surface area (Å²) in [6.07, 6.45) is 1.99. The Morgan fingerprint density at radius 2 is 1.82 bits per heavy atom. The van der Waals surface area contributed by atoms with Crippen LogP contribution in [0.15, 0.2) is 18.3 Å². The van der Waals surface area contributed by atoms with Gasteiger partial charge in [0.1, 0.15) is 18.1 Å². The maximum Gasteiger partial charge on any atom is 0.251 e. The first-order chi connectivity index (χ1) is 13.1. The van der Waals surface area contributed by atoms with E-state index in [0.29, 0.717) is 6.29 Å². The van der Waals surface area contributed by atoms with Gasteiger partial charge in [0.2, 0.25) is 17.7 Å². The van der Waals surface area contributed by atoms with E-state index in [-0.39, 0.29) is 29.8 Å². The molecule has 4 amide bonds. The zero-order valence-corrected chi connectivity index (χ0v) is 16.2. The Morgan fingerprint density at radius 1 is 1.14 bits per heavy atom. The lowest BCUT2D eigenvalue weighted by Gasteiger charge is -2.20. The van der Waals surface area contributed by atoms with Gasteiger partial charge in [0.15, 0.2) is 0 Å². The molecule has 0 fully saturated rings. The Bertz CT molecular complexity index is 750. The summed E-state index contributed by atoms with van der Waals surface area (Å²) in [6, 6.07) is 1.28. The number of anilines is 1. The van der Waals surface area contributed by atoms with Crippen LogP contribution in [0.5, 0.6) is 0 Å². The van der Waals surface area contributed by atoms with Gasteiger partial charge in [0.25, 0.3) is 5.91 Å². The lowest BCUT2D eigenvalue weighted by atomic mass is 10.1. The number of carbonyl (C=O) groups excluding carboxylic acids is 5. The molecule has 28 heavy (non-hydrogen) atoms. The number of nitrogens with zero attached hydrogens (tertiary/aromatic N) is 1. The van der Waals surface area contributed by atoms with Gasteiger partial charge in [0.05, 0.1) is 12.6 Å². The summed E-state index contributed by atoms with van der Waals surface area (Å²) in [7, 11) is 0. The molecule has 10 heteroatoms. The third-order valence-corrected chi connectivity index (χ3v) is 3.68. The Hall–Kier alpha value is -3.30. The predicted octanol–water partition coefficient (Wildman–Crippen LogP) is -0.386. The largest absolute Gasteiger partial charge is 0.345 e. The SMILES string of the molecule is CC(=O)Nc1cc(C(=O)NCC(=O)NC(C)C(=O)NC(C=O)C(C)C)ccn1. The van der Waals surface area contributed by atoms with Gasteiger partial charge in [-0.25, -0.2) is 4.98 Å². The third-order valence-electron chi connectivity index (χ3n) is 3.68.